The highest BCUT2D eigenvalue weighted by Crippen LogP contribution is 2.30. The Morgan fingerprint density at radius 1 is 0.758 bits per heavy atom. The van der Waals surface area contributed by atoms with Crippen molar-refractivity contribution in [3.63, 3.8) is 0 Å². The Hall–Kier alpha value is -7.01. The zero-order valence-corrected chi connectivity index (χ0v) is 38.1. The average molecular weight is 913 g/mol. The van der Waals surface area contributed by atoms with Gasteiger partial charge in [0.2, 0.25) is 19.1 Å². The van der Waals surface area contributed by atoms with Gasteiger partial charge in [0.25, 0.3) is 11.8 Å². The van der Waals surface area contributed by atoms with Gasteiger partial charge in [-0.1, -0.05) is 114 Å². The molecule has 0 radical (unpaired) electrons. The van der Waals surface area contributed by atoms with Gasteiger partial charge in [-0.2, -0.15) is 0 Å². The summed E-state index contributed by atoms with van der Waals surface area (Å²) >= 11 is 0. The van der Waals surface area contributed by atoms with Gasteiger partial charge in [-0.25, -0.2) is 9.86 Å². The van der Waals surface area contributed by atoms with E-state index in [1.165, 1.54) is 23.3 Å². The van der Waals surface area contributed by atoms with Crippen LogP contribution in [0.2, 0.25) is 0 Å². The van der Waals surface area contributed by atoms with Crippen LogP contribution in [0.1, 0.15) is 105 Å². The molecule has 17 nitrogen and oxygen atoms in total. The summed E-state index contributed by atoms with van der Waals surface area (Å²) in [6, 6.07) is 23.7. The number of unbranched alkanes of at least 4 members (excludes halogenated alkanes) is 2. The summed E-state index contributed by atoms with van der Waals surface area (Å²) in [4.78, 5) is 96.5. The van der Waals surface area contributed by atoms with Crippen molar-refractivity contribution in [2.75, 3.05) is 20.1 Å². The molecule has 4 rings (SSSR count). The minimum atomic E-state index is -1.53. The molecule has 0 bridgehead atoms. The second kappa shape index (κ2) is 27.3. The Morgan fingerprint density at radius 3 is 2.08 bits per heavy atom. The first kappa shape index (κ1) is 51.6. The Kier molecular flexibility index (Phi) is 21.4. The van der Waals surface area contributed by atoms with Crippen LogP contribution in [0, 0.1) is 11.8 Å². The van der Waals surface area contributed by atoms with E-state index >= 15 is 0 Å². The Morgan fingerprint density at radius 2 is 1.44 bits per heavy atom. The van der Waals surface area contributed by atoms with Gasteiger partial charge in [-0.3, -0.25) is 33.6 Å². The summed E-state index contributed by atoms with van der Waals surface area (Å²) < 4.78 is 27.0. The monoisotopic (exact) mass is 912 g/mol. The molecule has 4 aromatic rings. The maximum atomic E-state index is 13.7. The number of nitrogens with one attached hydrogen (secondary N) is 3. The fourth-order valence-electron chi connectivity index (χ4n) is 6.67. The average Bonchev–Trinajstić information content (AvgIpc) is 3.83. The highest BCUT2D eigenvalue weighted by Gasteiger charge is 2.32. The summed E-state index contributed by atoms with van der Waals surface area (Å²) in [5.41, 5.74) is 2.02. The summed E-state index contributed by atoms with van der Waals surface area (Å²) in [7, 11) is 0. The third-order valence-corrected chi connectivity index (χ3v) is 10.2. The molecule has 0 fully saturated rings. The highest BCUT2D eigenvalue weighted by atomic mass is 16.7. The number of hydrogen-bond donors (Lipinski definition) is 3. The van der Waals surface area contributed by atoms with Gasteiger partial charge in [-0.15, -0.1) is 0 Å². The van der Waals surface area contributed by atoms with Gasteiger partial charge in [0, 0.05) is 5.56 Å². The molecule has 3 aromatic carbocycles. The molecule has 0 aliphatic rings. The van der Waals surface area contributed by atoms with Crippen LogP contribution < -0.4 is 20.7 Å². The maximum absolute atomic E-state index is 13.7. The smallest absolute Gasteiger partial charge is 0.332 e. The zero-order chi connectivity index (χ0) is 47.8. The number of esters is 3. The largest absolute Gasteiger partial charge is 0.493 e. The molecular formula is C49H60N4O13. The van der Waals surface area contributed by atoms with Crippen LogP contribution in [0.25, 0.3) is 11.3 Å². The van der Waals surface area contributed by atoms with Gasteiger partial charge < -0.3 is 39.3 Å². The normalized spacial score (nSPS) is 12.2. The first-order valence-electron chi connectivity index (χ1n) is 22.1. The Balaban J connectivity index is 1.41. The Labute approximate surface area is 384 Å². The minimum absolute atomic E-state index is 0.000108. The summed E-state index contributed by atoms with van der Waals surface area (Å²) in [5, 5.41) is 9.14. The number of ether oxygens (including phenoxy) is 4. The fourth-order valence-corrected chi connectivity index (χ4v) is 6.67. The summed E-state index contributed by atoms with van der Waals surface area (Å²) in [6.07, 6.45) is 3.55. The molecular weight excluding hydrogens is 853 g/mol. The van der Waals surface area contributed by atoms with Crippen LogP contribution in [-0.2, 0) is 56.2 Å². The third-order valence-electron chi connectivity index (χ3n) is 10.2. The first-order valence-corrected chi connectivity index (χ1v) is 22.1. The van der Waals surface area contributed by atoms with E-state index in [0.29, 0.717) is 30.4 Å². The van der Waals surface area contributed by atoms with E-state index in [1.54, 1.807) is 57.2 Å². The maximum Gasteiger partial charge on any atom is 0.332 e. The number of rotatable bonds is 28. The van der Waals surface area contributed by atoms with Crippen molar-refractivity contribution in [3.8, 4) is 17.1 Å². The number of amides is 4. The number of hydroxylamine groups is 2. The van der Waals surface area contributed by atoms with Crippen LogP contribution in [0.15, 0.2) is 95.4 Å². The molecule has 354 valence electrons. The quantitative estimate of drug-likeness (QED) is 0.0179. The molecule has 1 heterocycles. The van der Waals surface area contributed by atoms with Gasteiger partial charge >= 0.3 is 17.9 Å². The van der Waals surface area contributed by atoms with E-state index in [4.69, 9.17) is 28.2 Å². The van der Waals surface area contributed by atoms with Crippen molar-refractivity contribution in [1.82, 2.24) is 21.0 Å². The lowest BCUT2D eigenvalue weighted by Gasteiger charge is -2.32. The van der Waals surface area contributed by atoms with E-state index in [0.717, 1.165) is 24.8 Å². The number of nitrogens with zero attached hydrogens (tertiary/aromatic N) is 1. The first-order chi connectivity index (χ1) is 31.9. The predicted octanol–water partition coefficient (Wildman–Crippen LogP) is 6.65. The number of benzene rings is 3. The van der Waals surface area contributed by atoms with Crippen molar-refractivity contribution in [2.24, 2.45) is 11.8 Å². The van der Waals surface area contributed by atoms with Crippen molar-refractivity contribution in [3.05, 3.63) is 113 Å². The van der Waals surface area contributed by atoms with Gasteiger partial charge in [0.15, 0.2) is 5.76 Å². The van der Waals surface area contributed by atoms with Crippen LogP contribution >= 0.6 is 0 Å². The molecule has 0 aliphatic carbocycles. The molecule has 3 N–H and O–H groups in total. The van der Waals surface area contributed by atoms with Crippen LogP contribution in [0.3, 0.4) is 0 Å². The molecule has 3 atom stereocenters. The van der Waals surface area contributed by atoms with E-state index < -0.39 is 66.9 Å². The molecule has 17 heteroatoms. The second-order valence-corrected chi connectivity index (χ2v) is 15.4. The van der Waals surface area contributed by atoms with Crippen LogP contribution in [0.5, 0.6) is 5.75 Å². The molecule has 0 saturated heterocycles. The SMILES string of the molecule is CCCCC[C@@H](C(=O)NCNC(=O)c1ccc(-c2ccc(C(=O)N[C@@H](CC(=O)OCc3ccccc3)C(=O)OCOC(=O)C(C)C)c(OCC)c2)o1)[C@@H](CC)N(C=O)OCc1ccccc1. The molecule has 66 heavy (non-hydrogen) atoms. The van der Waals surface area contributed by atoms with Gasteiger partial charge in [-0.05, 0) is 55.2 Å². The minimum Gasteiger partial charge on any atom is -0.493 e. The van der Waals surface area contributed by atoms with Gasteiger partial charge in [0.1, 0.15) is 30.8 Å². The molecule has 0 unspecified atom stereocenters. The van der Waals surface area contributed by atoms with E-state index in [2.05, 4.69) is 22.9 Å². The van der Waals surface area contributed by atoms with E-state index in [9.17, 15) is 33.6 Å². The van der Waals surface area contributed by atoms with E-state index in [-0.39, 0.29) is 55.2 Å². The fraction of sp³-hybridized carbons (Fsp3) is 0.408. The Bertz CT molecular complexity index is 2200. The topological polar surface area (TPSA) is 218 Å². The van der Waals surface area contributed by atoms with Crippen molar-refractivity contribution >= 4 is 42.0 Å². The molecule has 0 spiro atoms. The lowest BCUT2D eigenvalue weighted by atomic mass is 9.90. The third kappa shape index (κ3) is 16.2. The molecule has 1 aromatic heterocycles. The number of carbonyl (C=O) groups excluding carboxylic acids is 7. The molecule has 0 saturated carbocycles. The number of hydrogen-bond acceptors (Lipinski definition) is 13. The lowest BCUT2D eigenvalue weighted by molar-refractivity contribution is -0.200. The second-order valence-electron chi connectivity index (χ2n) is 15.4. The lowest BCUT2D eigenvalue weighted by Crippen LogP contribution is -2.48. The molecule has 0 aliphatic heterocycles. The number of furan rings is 1. The van der Waals surface area contributed by atoms with Crippen molar-refractivity contribution < 1.29 is 61.8 Å². The highest BCUT2D eigenvalue weighted by molar-refractivity contribution is 6.00. The molecule has 4 amide bonds. The zero-order valence-electron chi connectivity index (χ0n) is 38.1. The van der Waals surface area contributed by atoms with Crippen molar-refractivity contribution in [1.29, 1.82) is 0 Å². The van der Waals surface area contributed by atoms with Crippen LogP contribution in [0.4, 0.5) is 0 Å². The van der Waals surface area contributed by atoms with E-state index in [1.807, 2.05) is 43.3 Å². The summed E-state index contributed by atoms with van der Waals surface area (Å²) in [6.45, 7) is 8.13. The van der Waals surface area contributed by atoms with Crippen LogP contribution in [-0.4, -0.2) is 79.3 Å². The number of carbonyl (C=O) groups is 7. The van der Waals surface area contributed by atoms with Crippen molar-refractivity contribution in [2.45, 2.75) is 98.4 Å². The summed E-state index contributed by atoms with van der Waals surface area (Å²) in [5.74, 6) is -5.02. The standard InChI is InChI=1S/C49H60N4O13/c1-6-9-12-21-37(40(7-2)53(31-54)65-29-35-19-15-11-16-20-35)45(56)50-30-51-47(58)42-25-24-41(66-42)36-22-23-38(43(26-36)61-8-3)46(57)52-39(49(60)64-32-63-48(59)33(4)5)27-44(55)62-28-34-17-13-10-14-18-34/h10-11,13-20,22-26,31,33,37,39-40H,6-9,12,21,27-30,32H2,1-5H3,(H,50,56)(H,51,58)(H,52,57)/t37-,39+,40-/m1/s1. The van der Waals surface area contributed by atoms with Gasteiger partial charge in [0.05, 0.1) is 43.1 Å². The predicted molar refractivity (Wildman–Crippen MR) is 241 cm³/mol.